The van der Waals surface area contributed by atoms with E-state index in [4.69, 9.17) is 0 Å². The molecule has 1 atom stereocenters. The molecule has 180 valence electrons. The number of sulfonamides is 1. The maximum atomic E-state index is 12.8. The van der Waals surface area contributed by atoms with Gasteiger partial charge in [-0.2, -0.15) is 17.9 Å². The summed E-state index contributed by atoms with van der Waals surface area (Å²) in [5, 5.41) is 9.55. The maximum Gasteiger partial charge on any atom is 0.416 e. The standard InChI is InChI=1S/C23H16F3N3O4S2/c24-23(25,26)15-8-5-14(6-9-15)7-10-16-11-12-21(34-16)35(32,33)29-19(22(30)31)13-20-27-17-3-1-2-4-18(17)28-20/h1-6,8-9,11-12,19,29H,13H2,(H,27,28)(H,30,31)/t19-/m0/s1. The molecular weight excluding hydrogens is 503 g/mol. The summed E-state index contributed by atoms with van der Waals surface area (Å²) in [7, 11) is -4.19. The van der Waals surface area contributed by atoms with Crippen molar-refractivity contribution in [2.45, 2.75) is 22.8 Å². The molecule has 0 radical (unpaired) electrons. The van der Waals surface area contributed by atoms with Crippen molar-refractivity contribution in [2.24, 2.45) is 0 Å². The Balaban J connectivity index is 1.48. The lowest BCUT2D eigenvalue weighted by Gasteiger charge is -2.12. The van der Waals surface area contributed by atoms with Crippen LogP contribution in [-0.4, -0.2) is 35.5 Å². The number of aliphatic carboxylic acids is 1. The van der Waals surface area contributed by atoms with Gasteiger partial charge in [-0.1, -0.05) is 24.0 Å². The molecule has 3 N–H and O–H groups in total. The summed E-state index contributed by atoms with van der Waals surface area (Å²) in [6.07, 6.45) is -4.65. The fourth-order valence-electron chi connectivity index (χ4n) is 3.13. The van der Waals surface area contributed by atoms with Gasteiger partial charge < -0.3 is 10.1 Å². The van der Waals surface area contributed by atoms with Gasteiger partial charge in [0.05, 0.1) is 21.5 Å². The van der Waals surface area contributed by atoms with Crippen LogP contribution in [0.15, 0.2) is 64.9 Å². The lowest BCUT2D eigenvalue weighted by molar-refractivity contribution is -0.139. The molecule has 0 fully saturated rings. The molecular formula is C23H16F3N3O4S2. The normalized spacial score (nSPS) is 12.8. The van der Waals surface area contributed by atoms with Gasteiger partial charge in [0.15, 0.2) is 0 Å². The number of halogens is 3. The largest absolute Gasteiger partial charge is 0.480 e. The Morgan fingerprint density at radius 3 is 2.46 bits per heavy atom. The Morgan fingerprint density at radius 1 is 1.09 bits per heavy atom. The molecule has 2 aromatic carbocycles. The number of para-hydroxylation sites is 2. The van der Waals surface area contributed by atoms with E-state index in [-0.39, 0.29) is 10.6 Å². The highest BCUT2D eigenvalue weighted by Crippen LogP contribution is 2.29. The van der Waals surface area contributed by atoms with E-state index in [1.54, 1.807) is 24.3 Å². The molecule has 0 bridgehead atoms. The quantitative estimate of drug-likeness (QED) is 0.333. The average molecular weight is 520 g/mol. The number of fused-ring (bicyclic) bond motifs is 1. The lowest BCUT2D eigenvalue weighted by atomic mass is 10.1. The molecule has 4 aromatic rings. The number of carboxylic acid groups (broad SMARTS) is 1. The summed E-state index contributed by atoms with van der Waals surface area (Å²) in [5.41, 5.74) is 0.855. The van der Waals surface area contributed by atoms with Crippen molar-refractivity contribution >= 4 is 38.4 Å². The molecule has 2 heterocycles. The van der Waals surface area contributed by atoms with Crippen LogP contribution in [0.25, 0.3) is 11.0 Å². The second-order valence-corrected chi connectivity index (χ2v) is 10.4. The van der Waals surface area contributed by atoms with E-state index in [9.17, 15) is 31.5 Å². The molecule has 0 aliphatic carbocycles. The first-order valence-corrected chi connectivity index (χ1v) is 12.3. The fraction of sp³-hybridized carbons (Fsp3) is 0.130. The van der Waals surface area contributed by atoms with Crippen molar-refractivity contribution < 1.29 is 31.5 Å². The minimum atomic E-state index is -4.45. The fourth-order valence-corrected chi connectivity index (χ4v) is 5.49. The number of rotatable bonds is 6. The first kappa shape index (κ1) is 24.5. The van der Waals surface area contributed by atoms with Gasteiger partial charge in [0.25, 0.3) is 10.0 Å². The van der Waals surface area contributed by atoms with E-state index in [1.807, 2.05) is 0 Å². The van der Waals surface area contributed by atoms with Crippen molar-refractivity contribution in [3.05, 3.63) is 82.5 Å². The number of carbonyl (C=O) groups is 1. The van der Waals surface area contributed by atoms with Gasteiger partial charge in [-0.05, 0) is 48.5 Å². The number of benzene rings is 2. The maximum absolute atomic E-state index is 12.8. The number of hydrogen-bond acceptors (Lipinski definition) is 5. The second kappa shape index (κ2) is 9.53. The van der Waals surface area contributed by atoms with Gasteiger partial charge >= 0.3 is 12.1 Å². The van der Waals surface area contributed by atoms with E-state index in [0.717, 1.165) is 23.5 Å². The topological polar surface area (TPSA) is 112 Å². The summed E-state index contributed by atoms with van der Waals surface area (Å²) in [4.78, 5) is 19.3. The molecule has 0 saturated heterocycles. The summed E-state index contributed by atoms with van der Waals surface area (Å²) < 4.78 is 65.6. The zero-order valence-corrected chi connectivity index (χ0v) is 19.3. The number of aromatic amines is 1. The van der Waals surface area contributed by atoms with Crippen molar-refractivity contribution in [3.8, 4) is 11.8 Å². The first-order valence-electron chi connectivity index (χ1n) is 9.99. The summed E-state index contributed by atoms with van der Waals surface area (Å²) in [6.45, 7) is 0. The second-order valence-electron chi connectivity index (χ2n) is 7.36. The molecule has 0 spiro atoms. The number of carboxylic acids is 1. The molecule has 2 aromatic heterocycles. The predicted octanol–water partition coefficient (Wildman–Crippen LogP) is 4.02. The Hall–Kier alpha value is -3.66. The number of hydrogen-bond donors (Lipinski definition) is 3. The Labute approximate surface area is 201 Å². The highest BCUT2D eigenvalue weighted by Gasteiger charge is 2.30. The van der Waals surface area contributed by atoms with Crippen molar-refractivity contribution in [1.82, 2.24) is 14.7 Å². The molecule has 0 unspecified atom stereocenters. The van der Waals surface area contributed by atoms with Gasteiger partial charge in [-0.25, -0.2) is 13.4 Å². The third-order valence-electron chi connectivity index (χ3n) is 4.82. The van der Waals surface area contributed by atoms with Crippen molar-refractivity contribution in [2.75, 3.05) is 0 Å². The molecule has 0 saturated carbocycles. The number of imidazole rings is 1. The van der Waals surface area contributed by atoms with Crippen molar-refractivity contribution in [1.29, 1.82) is 0 Å². The van der Waals surface area contributed by atoms with Crippen LogP contribution >= 0.6 is 11.3 Å². The van der Waals surface area contributed by atoms with Gasteiger partial charge in [0.1, 0.15) is 16.1 Å². The number of aromatic nitrogens is 2. The molecule has 7 nitrogen and oxygen atoms in total. The molecule has 12 heteroatoms. The first-order chi connectivity index (χ1) is 16.5. The molecule has 4 rings (SSSR count). The molecule has 0 aliphatic heterocycles. The highest BCUT2D eigenvalue weighted by molar-refractivity contribution is 7.91. The number of alkyl halides is 3. The van der Waals surface area contributed by atoms with Gasteiger partial charge in [0, 0.05) is 12.0 Å². The number of H-pyrrole nitrogens is 1. The smallest absolute Gasteiger partial charge is 0.416 e. The predicted molar refractivity (Wildman–Crippen MR) is 123 cm³/mol. The SMILES string of the molecule is O=C(O)[C@H](Cc1nc2ccccc2[nH]1)NS(=O)(=O)c1ccc(C#Cc2ccc(C(F)(F)F)cc2)s1. The summed E-state index contributed by atoms with van der Waals surface area (Å²) >= 11 is 0.810. The Kier molecular flexibility index (Phi) is 6.66. The molecule has 0 aliphatic rings. The van der Waals surface area contributed by atoms with Crippen LogP contribution in [-0.2, 0) is 27.4 Å². The van der Waals surface area contributed by atoms with Gasteiger partial charge in [-0.3, -0.25) is 4.79 Å². The highest BCUT2D eigenvalue weighted by atomic mass is 32.2. The lowest BCUT2D eigenvalue weighted by Crippen LogP contribution is -2.42. The monoisotopic (exact) mass is 519 g/mol. The van der Waals surface area contributed by atoms with Gasteiger partial charge in [-0.15, -0.1) is 11.3 Å². The van der Waals surface area contributed by atoms with E-state index in [2.05, 4.69) is 26.5 Å². The zero-order chi connectivity index (χ0) is 25.2. The average Bonchev–Trinajstić information content (AvgIpc) is 3.44. The number of nitrogens with zero attached hydrogens (tertiary/aromatic N) is 1. The third-order valence-corrected chi connectivity index (χ3v) is 7.78. The van der Waals surface area contributed by atoms with Crippen LogP contribution in [0.4, 0.5) is 13.2 Å². The van der Waals surface area contributed by atoms with E-state index in [1.165, 1.54) is 24.3 Å². The molecule has 0 amide bonds. The van der Waals surface area contributed by atoms with Crippen LogP contribution in [0.2, 0.25) is 0 Å². The Morgan fingerprint density at radius 2 is 1.80 bits per heavy atom. The van der Waals surface area contributed by atoms with E-state index >= 15 is 0 Å². The van der Waals surface area contributed by atoms with E-state index in [0.29, 0.717) is 27.3 Å². The van der Waals surface area contributed by atoms with Crippen LogP contribution in [0.1, 0.15) is 21.8 Å². The van der Waals surface area contributed by atoms with Crippen LogP contribution in [0, 0.1) is 11.8 Å². The Bertz CT molecular complexity index is 1510. The van der Waals surface area contributed by atoms with Crippen LogP contribution in [0.5, 0.6) is 0 Å². The summed E-state index contributed by atoms with van der Waals surface area (Å²) in [6, 6.07) is 12.6. The third kappa shape index (κ3) is 5.89. The minimum absolute atomic E-state index is 0.148. The number of thiophene rings is 1. The minimum Gasteiger partial charge on any atom is -0.480 e. The van der Waals surface area contributed by atoms with Crippen LogP contribution in [0.3, 0.4) is 0 Å². The van der Waals surface area contributed by atoms with E-state index < -0.39 is 33.8 Å². The van der Waals surface area contributed by atoms with Gasteiger partial charge in [0.2, 0.25) is 0 Å². The molecule has 35 heavy (non-hydrogen) atoms. The zero-order valence-electron chi connectivity index (χ0n) is 17.6. The van der Waals surface area contributed by atoms with Crippen molar-refractivity contribution in [3.63, 3.8) is 0 Å². The summed E-state index contributed by atoms with van der Waals surface area (Å²) in [5.74, 6) is 4.33. The van der Waals surface area contributed by atoms with Crippen LogP contribution < -0.4 is 4.72 Å². The number of nitrogens with one attached hydrogen (secondary N) is 2.